The quantitative estimate of drug-likeness (QED) is 0.767. The number of benzene rings is 1. The molecular weight excluding hydrogens is 234 g/mol. The number of hydrogen-bond donors (Lipinski definition) is 2. The van der Waals surface area contributed by atoms with Crippen LogP contribution in [0.15, 0.2) is 42.5 Å². The van der Waals surface area contributed by atoms with E-state index in [1.807, 2.05) is 6.07 Å². The molecule has 1 aromatic carbocycles. The van der Waals surface area contributed by atoms with Crippen LogP contribution in [-0.4, -0.2) is 24.3 Å². The number of hydrogen-bond acceptors (Lipinski definition) is 2. The average Bonchev–Trinajstić information content (AvgIpc) is 3.07. The van der Waals surface area contributed by atoms with Gasteiger partial charge in [-0.15, -0.1) is 0 Å². The molecular formula is C17H23NO. The smallest absolute Gasteiger partial charge is 0.0587 e. The molecule has 4 atom stereocenters. The van der Waals surface area contributed by atoms with Crippen LogP contribution in [0, 0.1) is 17.8 Å². The summed E-state index contributed by atoms with van der Waals surface area (Å²) in [4.78, 5) is 0. The predicted octanol–water partition coefficient (Wildman–Crippen LogP) is 2.39. The molecule has 0 heterocycles. The molecule has 0 saturated heterocycles. The molecule has 0 radical (unpaired) electrons. The van der Waals surface area contributed by atoms with Gasteiger partial charge >= 0.3 is 0 Å². The van der Waals surface area contributed by atoms with Gasteiger partial charge in [-0.25, -0.2) is 0 Å². The molecule has 102 valence electrons. The van der Waals surface area contributed by atoms with E-state index in [9.17, 15) is 5.11 Å². The molecule has 2 heteroatoms. The van der Waals surface area contributed by atoms with Gasteiger partial charge in [0.1, 0.15) is 0 Å². The molecule has 0 spiro atoms. The molecule has 0 aliphatic heterocycles. The van der Waals surface area contributed by atoms with Gasteiger partial charge in [0, 0.05) is 6.04 Å². The summed E-state index contributed by atoms with van der Waals surface area (Å²) in [5, 5.41) is 13.1. The number of aliphatic hydroxyl groups excluding tert-OH is 1. The third-order valence-electron chi connectivity index (χ3n) is 4.63. The van der Waals surface area contributed by atoms with E-state index < -0.39 is 0 Å². The molecule has 0 aromatic heterocycles. The van der Waals surface area contributed by atoms with Crippen molar-refractivity contribution in [3.63, 3.8) is 0 Å². The molecule has 2 aliphatic carbocycles. The summed E-state index contributed by atoms with van der Waals surface area (Å²) in [5.41, 5.74) is 1.29. The summed E-state index contributed by atoms with van der Waals surface area (Å²) in [6.07, 6.45) is 8.38. The normalized spacial score (nSPS) is 29.8. The fraction of sp³-hybridized carbons (Fsp3) is 0.529. The molecule has 2 nitrogen and oxygen atoms in total. The zero-order valence-electron chi connectivity index (χ0n) is 11.3. The summed E-state index contributed by atoms with van der Waals surface area (Å²) >= 11 is 0. The van der Waals surface area contributed by atoms with E-state index in [4.69, 9.17) is 0 Å². The molecule has 1 fully saturated rings. The molecule has 1 saturated carbocycles. The monoisotopic (exact) mass is 257 g/mol. The molecule has 2 N–H and O–H groups in total. The fourth-order valence-electron chi connectivity index (χ4n) is 3.55. The van der Waals surface area contributed by atoms with Gasteiger partial charge in [0.05, 0.1) is 6.61 Å². The Balaban J connectivity index is 1.49. The van der Waals surface area contributed by atoms with Gasteiger partial charge in [-0.1, -0.05) is 42.5 Å². The molecule has 1 aromatic rings. The maximum absolute atomic E-state index is 9.52. The van der Waals surface area contributed by atoms with E-state index in [1.165, 1.54) is 18.4 Å². The van der Waals surface area contributed by atoms with Crippen LogP contribution in [0.4, 0.5) is 0 Å². The van der Waals surface area contributed by atoms with E-state index in [0.29, 0.717) is 0 Å². The second-order valence-electron chi connectivity index (χ2n) is 6.02. The average molecular weight is 257 g/mol. The minimum Gasteiger partial charge on any atom is -0.395 e. The fourth-order valence-corrected chi connectivity index (χ4v) is 3.55. The van der Waals surface area contributed by atoms with Crippen LogP contribution in [0.3, 0.4) is 0 Å². The Hall–Kier alpha value is -1.12. The van der Waals surface area contributed by atoms with E-state index in [1.54, 1.807) is 0 Å². The van der Waals surface area contributed by atoms with Crippen LogP contribution in [0.2, 0.25) is 0 Å². The largest absolute Gasteiger partial charge is 0.395 e. The van der Waals surface area contributed by atoms with Crippen LogP contribution in [0.1, 0.15) is 18.4 Å². The Morgan fingerprint density at radius 2 is 2.00 bits per heavy atom. The van der Waals surface area contributed by atoms with Crippen molar-refractivity contribution in [3.05, 3.63) is 48.0 Å². The van der Waals surface area contributed by atoms with Crippen molar-refractivity contribution < 1.29 is 5.11 Å². The topological polar surface area (TPSA) is 32.3 Å². The Morgan fingerprint density at radius 3 is 2.63 bits per heavy atom. The minimum atomic E-state index is 0.186. The summed E-state index contributed by atoms with van der Waals surface area (Å²) < 4.78 is 0. The Kier molecular flexibility index (Phi) is 4.00. The Bertz CT molecular complexity index is 428. The molecule has 4 unspecified atom stereocenters. The van der Waals surface area contributed by atoms with Crippen molar-refractivity contribution in [2.75, 3.05) is 13.2 Å². The lowest BCUT2D eigenvalue weighted by Crippen LogP contribution is -2.38. The summed E-state index contributed by atoms with van der Waals surface area (Å²) in [7, 11) is 0. The van der Waals surface area contributed by atoms with Gasteiger partial charge < -0.3 is 10.4 Å². The summed E-state index contributed by atoms with van der Waals surface area (Å²) in [5.74, 6) is 2.40. The number of rotatable bonds is 6. The molecule has 3 rings (SSSR count). The van der Waals surface area contributed by atoms with Crippen molar-refractivity contribution in [1.29, 1.82) is 0 Å². The van der Waals surface area contributed by atoms with Crippen LogP contribution >= 0.6 is 0 Å². The third-order valence-corrected chi connectivity index (χ3v) is 4.63. The van der Waals surface area contributed by atoms with Gasteiger partial charge in [0.25, 0.3) is 0 Å². The van der Waals surface area contributed by atoms with Crippen LogP contribution in [0.5, 0.6) is 0 Å². The third kappa shape index (κ3) is 3.07. The molecule has 2 aliphatic rings. The van der Waals surface area contributed by atoms with Gasteiger partial charge in [-0.2, -0.15) is 0 Å². The van der Waals surface area contributed by atoms with Crippen LogP contribution < -0.4 is 5.32 Å². The van der Waals surface area contributed by atoms with Crippen molar-refractivity contribution in [2.24, 2.45) is 17.8 Å². The first-order valence-electron chi connectivity index (χ1n) is 7.41. The highest BCUT2D eigenvalue weighted by atomic mass is 16.3. The molecule has 0 amide bonds. The molecule has 2 bridgehead atoms. The highest BCUT2D eigenvalue weighted by Gasteiger charge is 2.35. The van der Waals surface area contributed by atoms with Gasteiger partial charge in [0.15, 0.2) is 0 Å². The zero-order valence-corrected chi connectivity index (χ0v) is 11.3. The second-order valence-corrected chi connectivity index (χ2v) is 6.02. The first kappa shape index (κ1) is 12.9. The minimum absolute atomic E-state index is 0.186. The second kappa shape index (κ2) is 5.89. The number of fused-ring (bicyclic) bond motifs is 2. The highest BCUT2D eigenvalue weighted by Crippen LogP contribution is 2.42. The van der Waals surface area contributed by atoms with E-state index in [2.05, 4.69) is 41.7 Å². The van der Waals surface area contributed by atoms with Crippen molar-refractivity contribution in [1.82, 2.24) is 5.32 Å². The van der Waals surface area contributed by atoms with Gasteiger partial charge in [-0.05, 0) is 49.1 Å². The van der Waals surface area contributed by atoms with E-state index >= 15 is 0 Å². The van der Waals surface area contributed by atoms with Crippen molar-refractivity contribution in [2.45, 2.75) is 25.3 Å². The van der Waals surface area contributed by atoms with Crippen LogP contribution in [-0.2, 0) is 6.42 Å². The van der Waals surface area contributed by atoms with E-state index in [0.717, 1.165) is 30.7 Å². The lowest BCUT2D eigenvalue weighted by atomic mass is 9.93. The van der Waals surface area contributed by atoms with E-state index in [-0.39, 0.29) is 12.6 Å². The van der Waals surface area contributed by atoms with Crippen molar-refractivity contribution in [3.8, 4) is 0 Å². The van der Waals surface area contributed by atoms with Crippen molar-refractivity contribution >= 4 is 0 Å². The first-order valence-corrected chi connectivity index (χ1v) is 7.41. The lowest BCUT2D eigenvalue weighted by Gasteiger charge is -2.23. The van der Waals surface area contributed by atoms with Gasteiger partial charge in [-0.3, -0.25) is 0 Å². The highest BCUT2D eigenvalue weighted by molar-refractivity contribution is 5.16. The predicted molar refractivity (Wildman–Crippen MR) is 77.9 cm³/mol. The summed E-state index contributed by atoms with van der Waals surface area (Å²) in [6, 6.07) is 10.6. The molecule has 19 heavy (non-hydrogen) atoms. The standard InChI is InChI=1S/C17H23NO/c19-12-17(10-13-4-2-1-3-5-13)18-11-16-9-14-6-7-15(16)8-14/h1-7,14-19H,8-12H2. The number of allylic oxidation sites excluding steroid dienone is 2. The number of aliphatic hydroxyl groups is 1. The lowest BCUT2D eigenvalue weighted by molar-refractivity contribution is 0.232. The Labute approximate surface area is 115 Å². The summed E-state index contributed by atoms with van der Waals surface area (Å²) in [6.45, 7) is 1.26. The van der Waals surface area contributed by atoms with Crippen LogP contribution in [0.25, 0.3) is 0 Å². The van der Waals surface area contributed by atoms with Gasteiger partial charge in [0.2, 0.25) is 0 Å². The maximum Gasteiger partial charge on any atom is 0.0587 e. The number of nitrogens with one attached hydrogen (secondary N) is 1. The Morgan fingerprint density at radius 1 is 1.16 bits per heavy atom. The first-order chi connectivity index (χ1) is 9.35. The maximum atomic E-state index is 9.52. The SMILES string of the molecule is OCC(Cc1ccccc1)NCC1CC2C=CC1C2. The zero-order chi connectivity index (χ0) is 13.1.